The van der Waals surface area contributed by atoms with Gasteiger partial charge in [-0.1, -0.05) is 19.9 Å². The monoisotopic (exact) mass is 367 g/mol. The van der Waals surface area contributed by atoms with Crippen LogP contribution in [0.4, 0.5) is 0 Å². The average molecular weight is 368 g/mol. The van der Waals surface area contributed by atoms with Crippen LogP contribution in [-0.4, -0.2) is 24.3 Å². The van der Waals surface area contributed by atoms with E-state index >= 15 is 0 Å². The first-order valence-electron chi connectivity index (χ1n) is 11.0. The van der Waals surface area contributed by atoms with Crippen LogP contribution in [0.2, 0.25) is 0 Å². The van der Waals surface area contributed by atoms with Gasteiger partial charge in [-0.15, -0.1) is 0 Å². The van der Waals surface area contributed by atoms with Crippen molar-refractivity contribution >= 4 is 5.57 Å². The molecule has 0 amide bonds. The number of fused-ring (bicyclic) bond motifs is 5. The molecule has 0 aromatic carbocycles. The van der Waals surface area contributed by atoms with Crippen LogP contribution in [0.15, 0.2) is 24.5 Å². The van der Waals surface area contributed by atoms with Crippen LogP contribution >= 0.6 is 0 Å². The van der Waals surface area contributed by atoms with Crippen molar-refractivity contribution in [1.29, 1.82) is 0 Å². The van der Waals surface area contributed by atoms with Crippen molar-refractivity contribution in [2.75, 3.05) is 13.2 Å². The van der Waals surface area contributed by atoms with Gasteiger partial charge in [0.05, 0.1) is 18.9 Å². The Kier molecular flexibility index (Phi) is 4.16. The molecule has 2 heterocycles. The molecule has 27 heavy (non-hydrogen) atoms. The van der Waals surface area contributed by atoms with Crippen molar-refractivity contribution in [2.24, 2.45) is 28.6 Å². The number of ether oxygens (including phenoxy) is 2. The highest BCUT2D eigenvalue weighted by Gasteiger charge is 2.59. The van der Waals surface area contributed by atoms with Gasteiger partial charge in [0.15, 0.2) is 0 Å². The molecule has 6 atom stereocenters. The standard InChI is InChI=1S/C24H33NO2/c1-4-26-17-13-16(14-25-15-17)19-6-7-20-18-5-8-22-24(3,11-12-27-22)21(18)9-10-23(19,20)2/h6,13-15,18,20-22H,4-5,7-12H2,1-3H3/t18-,20-,21-,22+,23+,24+/m0/s1. The maximum Gasteiger partial charge on any atom is 0.138 e. The molecule has 0 spiro atoms. The van der Waals surface area contributed by atoms with Crippen molar-refractivity contribution in [3.63, 3.8) is 0 Å². The summed E-state index contributed by atoms with van der Waals surface area (Å²) >= 11 is 0. The highest BCUT2D eigenvalue weighted by molar-refractivity contribution is 5.73. The Bertz CT molecular complexity index is 759. The van der Waals surface area contributed by atoms with Gasteiger partial charge < -0.3 is 9.47 Å². The summed E-state index contributed by atoms with van der Waals surface area (Å²) in [5.74, 6) is 3.37. The van der Waals surface area contributed by atoms with Gasteiger partial charge in [-0.2, -0.15) is 0 Å². The van der Waals surface area contributed by atoms with Gasteiger partial charge in [0.1, 0.15) is 5.75 Å². The van der Waals surface area contributed by atoms with E-state index < -0.39 is 0 Å². The van der Waals surface area contributed by atoms with Gasteiger partial charge in [-0.25, -0.2) is 0 Å². The summed E-state index contributed by atoms with van der Waals surface area (Å²) in [6.45, 7) is 8.76. The lowest BCUT2D eigenvalue weighted by atomic mass is 9.48. The molecular formula is C24H33NO2. The molecule has 5 rings (SSSR count). The van der Waals surface area contributed by atoms with Crippen LogP contribution in [0.25, 0.3) is 5.57 Å². The van der Waals surface area contributed by atoms with Gasteiger partial charge in [0.2, 0.25) is 0 Å². The Balaban J connectivity index is 1.44. The van der Waals surface area contributed by atoms with E-state index in [1.807, 2.05) is 19.3 Å². The zero-order valence-corrected chi connectivity index (χ0v) is 17.0. The summed E-state index contributed by atoms with van der Waals surface area (Å²) < 4.78 is 11.9. The largest absolute Gasteiger partial charge is 0.492 e. The van der Waals surface area contributed by atoms with Crippen molar-refractivity contribution in [2.45, 2.75) is 65.4 Å². The molecule has 146 valence electrons. The molecule has 1 aliphatic heterocycles. The van der Waals surface area contributed by atoms with Crippen molar-refractivity contribution < 1.29 is 9.47 Å². The molecule has 1 aromatic rings. The number of nitrogens with zero attached hydrogens (tertiary/aromatic N) is 1. The maximum absolute atomic E-state index is 6.14. The molecule has 1 saturated heterocycles. The molecular weight excluding hydrogens is 334 g/mol. The second kappa shape index (κ2) is 6.34. The first-order chi connectivity index (χ1) is 13.1. The topological polar surface area (TPSA) is 31.4 Å². The lowest BCUT2D eigenvalue weighted by Gasteiger charge is -2.56. The number of rotatable bonds is 3. The van der Waals surface area contributed by atoms with E-state index in [1.165, 1.54) is 49.7 Å². The Morgan fingerprint density at radius 1 is 1.15 bits per heavy atom. The summed E-state index contributed by atoms with van der Waals surface area (Å²) in [6, 6.07) is 2.20. The average Bonchev–Trinajstić information content (AvgIpc) is 3.21. The molecule has 1 aromatic heterocycles. The summed E-state index contributed by atoms with van der Waals surface area (Å²) in [4.78, 5) is 4.47. The molecule has 0 N–H and O–H groups in total. The Labute approximate surface area is 163 Å². The van der Waals surface area contributed by atoms with Crippen molar-refractivity contribution in [3.05, 3.63) is 30.1 Å². The van der Waals surface area contributed by atoms with Crippen LogP contribution in [0.3, 0.4) is 0 Å². The van der Waals surface area contributed by atoms with Gasteiger partial charge in [-0.3, -0.25) is 4.98 Å². The number of hydrogen-bond acceptors (Lipinski definition) is 3. The third-order valence-electron chi connectivity index (χ3n) is 8.66. The highest BCUT2D eigenvalue weighted by atomic mass is 16.5. The molecule has 2 saturated carbocycles. The maximum atomic E-state index is 6.14. The molecule has 3 fully saturated rings. The summed E-state index contributed by atoms with van der Waals surface area (Å²) in [5, 5.41) is 0. The van der Waals surface area contributed by atoms with Crippen LogP contribution in [0.1, 0.15) is 64.9 Å². The normalized spacial score (nSPS) is 42.9. The van der Waals surface area contributed by atoms with Crippen LogP contribution in [0, 0.1) is 28.6 Å². The number of pyridine rings is 1. The van der Waals surface area contributed by atoms with Gasteiger partial charge >= 0.3 is 0 Å². The first-order valence-corrected chi connectivity index (χ1v) is 11.0. The van der Waals surface area contributed by atoms with Crippen molar-refractivity contribution in [1.82, 2.24) is 4.98 Å². The SMILES string of the molecule is CCOc1cncc(C2=CC[C@H]3[C@@H]4CC[C@H]5OCC[C@]5(C)[C@H]4CC[C@]23C)c1. The highest BCUT2D eigenvalue weighted by Crippen LogP contribution is 2.66. The molecule has 4 aliphatic rings. The second-order valence-electron chi connectivity index (χ2n) is 9.72. The lowest BCUT2D eigenvalue weighted by Crippen LogP contribution is -2.51. The zero-order chi connectivity index (χ0) is 18.6. The lowest BCUT2D eigenvalue weighted by molar-refractivity contribution is -0.0889. The van der Waals surface area contributed by atoms with Crippen molar-refractivity contribution in [3.8, 4) is 5.75 Å². The molecule has 0 bridgehead atoms. The summed E-state index contributed by atoms with van der Waals surface area (Å²) in [5.41, 5.74) is 3.50. The van der Waals surface area contributed by atoms with E-state index in [0.29, 0.717) is 18.1 Å². The summed E-state index contributed by atoms with van der Waals surface area (Å²) in [7, 11) is 0. The van der Waals surface area contributed by atoms with E-state index in [-0.39, 0.29) is 5.41 Å². The fraction of sp³-hybridized carbons (Fsp3) is 0.708. The molecule has 3 nitrogen and oxygen atoms in total. The Morgan fingerprint density at radius 3 is 2.89 bits per heavy atom. The van der Waals surface area contributed by atoms with Gasteiger partial charge in [0.25, 0.3) is 0 Å². The van der Waals surface area contributed by atoms with Crippen LogP contribution in [-0.2, 0) is 4.74 Å². The summed E-state index contributed by atoms with van der Waals surface area (Å²) in [6.07, 6.45) is 14.7. The predicted octanol–water partition coefficient (Wildman–Crippen LogP) is 5.51. The minimum absolute atomic E-state index is 0.288. The van der Waals surface area contributed by atoms with Gasteiger partial charge in [-0.05, 0) is 91.2 Å². The van der Waals surface area contributed by atoms with Crippen LogP contribution in [0.5, 0.6) is 5.75 Å². The fourth-order valence-corrected chi connectivity index (χ4v) is 7.29. The minimum Gasteiger partial charge on any atom is -0.492 e. The van der Waals surface area contributed by atoms with E-state index in [4.69, 9.17) is 9.47 Å². The smallest absolute Gasteiger partial charge is 0.138 e. The third kappa shape index (κ3) is 2.53. The molecule has 3 heteroatoms. The second-order valence-corrected chi connectivity index (χ2v) is 9.72. The van der Waals surface area contributed by atoms with E-state index in [1.54, 1.807) is 0 Å². The quantitative estimate of drug-likeness (QED) is 0.706. The molecule has 0 radical (unpaired) electrons. The zero-order valence-electron chi connectivity index (χ0n) is 17.0. The number of allylic oxidation sites excluding steroid dienone is 2. The van der Waals surface area contributed by atoms with E-state index in [2.05, 4.69) is 31.0 Å². The number of aromatic nitrogens is 1. The third-order valence-corrected chi connectivity index (χ3v) is 8.66. The van der Waals surface area contributed by atoms with E-state index in [9.17, 15) is 0 Å². The van der Waals surface area contributed by atoms with Crippen LogP contribution < -0.4 is 4.74 Å². The minimum atomic E-state index is 0.288. The molecule has 0 unspecified atom stereocenters. The predicted molar refractivity (Wildman–Crippen MR) is 108 cm³/mol. The number of hydrogen-bond donors (Lipinski definition) is 0. The molecule has 3 aliphatic carbocycles. The Hall–Kier alpha value is -1.35. The Morgan fingerprint density at radius 2 is 2.04 bits per heavy atom. The van der Waals surface area contributed by atoms with E-state index in [0.717, 1.165) is 30.1 Å². The fourth-order valence-electron chi connectivity index (χ4n) is 7.29. The first kappa shape index (κ1) is 17.7. The van der Waals surface area contributed by atoms with Gasteiger partial charge in [0, 0.05) is 12.8 Å².